The molecule has 0 fully saturated rings. The number of hydrogen-bond acceptors (Lipinski definition) is 10. The summed E-state index contributed by atoms with van der Waals surface area (Å²) in [6.45, 7) is 3.77. The fourth-order valence-electron chi connectivity index (χ4n) is 5.51. The third-order valence-corrected chi connectivity index (χ3v) is 10.0. The molecule has 0 radical (unpaired) electrons. The quantitative estimate of drug-likeness (QED) is 0.0153. The number of aliphatic hydroxyl groups is 2. The maximum absolute atomic E-state index is 12.7. The number of phosphoric acid groups is 1. The lowest BCUT2D eigenvalue weighted by Gasteiger charge is -2.28. The first-order chi connectivity index (χ1) is 28.8. The van der Waals surface area contributed by atoms with Crippen LogP contribution in [-0.2, 0) is 32.7 Å². The molecule has 0 saturated heterocycles. The van der Waals surface area contributed by atoms with Crippen molar-refractivity contribution in [3.8, 4) is 0 Å². The highest BCUT2D eigenvalue weighted by Gasteiger charge is 2.21. The second-order valence-corrected chi connectivity index (χ2v) is 17.5. The van der Waals surface area contributed by atoms with E-state index in [1.54, 1.807) is 30.4 Å². The predicted molar refractivity (Wildman–Crippen MR) is 243 cm³/mol. The molecule has 4 atom stereocenters. The minimum absolute atomic E-state index is 0.0690. The zero-order valence-electron chi connectivity index (χ0n) is 37.8. The van der Waals surface area contributed by atoms with E-state index in [0.717, 1.165) is 32.1 Å². The van der Waals surface area contributed by atoms with E-state index in [-0.39, 0.29) is 26.1 Å². The smallest absolute Gasteiger partial charge is 0.306 e. The Morgan fingerprint density at radius 3 is 1.90 bits per heavy atom. The number of aliphatic hydroxyl groups excluding tert-OH is 2. The Morgan fingerprint density at radius 2 is 1.25 bits per heavy atom. The van der Waals surface area contributed by atoms with E-state index in [1.807, 2.05) is 63.7 Å². The maximum Gasteiger partial charge on any atom is 0.306 e. The van der Waals surface area contributed by atoms with E-state index in [0.29, 0.717) is 43.1 Å². The van der Waals surface area contributed by atoms with Gasteiger partial charge < -0.3 is 38.1 Å². The number of rotatable bonds is 39. The molecule has 344 valence electrons. The van der Waals surface area contributed by atoms with Gasteiger partial charge >= 0.3 is 11.9 Å². The number of quaternary nitrogens is 1. The highest BCUT2D eigenvalue weighted by atomic mass is 31.2. The van der Waals surface area contributed by atoms with Crippen molar-refractivity contribution in [2.45, 2.75) is 161 Å². The molecule has 12 heteroatoms. The van der Waals surface area contributed by atoms with Crippen molar-refractivity contribution in [3.63, 3.8) is 0 Å². The number of carbonyl (C=O) groups excluding carboxylic acids is 2. The van der Waals surface area contributed by atoms with Crippen LogP contribution in [0.1, 0.15) is 142 Å². The molecule has 2 N–H and O–H groups in total. The lowest BCUT2D eigenvalue weighted by atomic mass is 10.1. The highest BCUT2D eigenvalue weighted by Crippen LogP contribution is 2.38. The molecule has 0 aliphatic carbocycles. The molecular weight excluding hydrogens is 781 g/mol. The van der Waals surface area contributed by atoms with Gasteiger partial charge in [-0.05, 0) is 64.2 Å². The van der Waals surface area contributed by atoms with E-state index >= 15 is 0 Å². The summed E-state index contributed by atoms with van der Waals surface area (Å²) < 4.78 is 33.7. The number of phosphoric ester groups is 1. The first-order valence-electron chi connectivity index (χ1n) is 22.5. The number of allylic oxidation sites excluding steroid dienone is 10. The van der Waals surface area contributed by atoms with Gasteiger partial charge in [-0.3, -0.25) is 14.2 Å². The minimum Gasteiger partial charge on any atom is -0.756 e. The van der Waals surface area contributed by atoms with Crippen LogP contribution in [0.25, 0.3) is 0 Å². The molecule has 1 unspecified atom stereocenters. The Balaban J connectivity index is 4.61. The molecule has 0 bridgehead atoms. The van der Waals surface area contributed by atoms with Crippen molar-refractivity contribution in [1.29, 1.82) is 0 Å². The van der Waals surface area contributed by atoms with Crippen LogP contribution < -0.4 is 4.89 Å². The van der Waals surface area contributed by atoms with E-state index in [4.69, 9.17) is 18.5 Å². The summed E-state index contributed by atoms with van der Waals surface area (Å²) in [6.07, 6.45) is 42.6. The fraction of sp³-hybridized carbons (Fsp3) is 0.667. The summed E-state index contributed by atoms with van der Waals surface area (Å²) in [5.74, 6) is -1.03. The first-order valence-corrected chi connectivity index (χ1v) is 24.0. The number of hydrogen-bond donors (Lipinski definition) is 2. The van der Waals surface area contributed by atoms with Crippen LogP contribution in [0.2, 0.25) is 0 Å². The molecule has 0 saturated carbocycles. The average Bonchev–Trinajstić information content (AvgIpc) is 3.19. The maximum atomic E-state index is 12.7. The molecular formula is C48H82NO10P. The number of esters is 2. The average molecular weight is 864 g/mol. The van der Waals surface area contributed by atoms with Crippen LogP contribution in [-0.4, -0.2) is 92.5 Å². The number of unbranched alkanes of at least 4 members (excludes halogenated alkanes) is 12. The Morgan fingerprint density at radius 1 is 0.650 bits per heavy atom. The summed E-state index contributed by atoms with van der Waals surface area (Å²) in [4.78, 5) is 37.6. The Hall–Kier alpha value is -2.89. The van der Waals surface area contributed by atoms with Gasteiger partial charge in [-0.15, -0.1) is 0 Å². The summed E-state index contributed by atoms with van der Waals surface area (Å²) in [7, 11) is 1.03. The molecule has 0 aromatic rings. The molecule has 0 aromatic carbocycles. The summed E-state index contributed by atoms with van der Waals surface area (Å²) in [6, 6.07) is 0. The van der Waals surface area contributed by atoms with Gasteiger partial charge in [0.25, 0.3) is 7.82 Å². The number of carbonyl (C=O) groups is 2. The van der Waals surface area contributed by atoms with Gasteiger partial charge in [0.2, 0.25) is 0 Å². The van der Waals surface area contributed by atoms with Gasteiger partial charge in [0.05, 0.1) is 40.0 Å². The van der Waals surface area contributed by atoms with Crippen molar-refractivity contribution in [2.75, 3.05) is 47.5 Å². The zero-order valence-corrected chi connectivity index (χ0v) is 38.7. The first kappa shape index (κ1) is 57.1. The number of ether oxygens (including phenoxy) is 2. The second kappa shape index (κ2) is 39.0. The van der Waals surface area contributed by atoms with Crippen molar-refractivity contribution in [3.05, 3.63) is 85.1 Å². The summed E-state index contributed by atoms with van der Waals surface area (Å²) in [5, 5.41) is 20.0. The van der Waals surface area contributed by atoms with Crippen LogP contribution >= 0.6 is 7.82 Å². The molecule has 0 aliphatic rings. The lowest BCUT2D eigenvalue weighted by Crippen LogP contribution is -2.37. The third-order valence-electron chi connectivity index (χ3n) is 9.07. The van der Waals surface area contributed by atoms with E-state index in [9.17, 15) is 29.3 Å². The molecule has 0 heterocycles. The lowest BCUT2D eigenvalue weighted by molar-refractivity contribution is -0.870. The monoisotopic (exact) mass is 864 g/mol. The largest absolute Gasteiger partial charge is 0.756 e. The van der Waals surface area contributed by atoms with E-state index in [1.165, 1.54) is 51.4 Å². The number of nitrogens with zero attached hydrogens (tertiary/aromatic N) is 1. The van der Waals surface area contributed by atoms with Gasteiger partial charge in [0.15, 0.2) is 6.10 Å². The van der Waals surface area contributed by atoms with Crippen LogP contribution in [0.15, 0.2) is 85.1 Å². The SMILES string of the molecule is CC/C=C\C[C@@H](O)/C=C/C=C\C/C=C\C=C\[C@@H](O)/C=C\CCCC(=O)OC[C@H](COP(=O)([O-])OCC[N+](C)(C)C)OC(=O)CCCCCCCCC/C=C\CCCCCC. The van der Waals surface area contributed by atoms with Gasteiger partial charge in [0, 0.05) is 12.8 Å². The van der Waals surface area contributed by atoms with E-state index < -0.39 is 44.7 Å². The molecule has 0 aromatic heterocycles. The van der Waals surface area contributed by atoms with Gasteiger partial charge in [0.1, 0.15) is 19.8 Å². The fourth-order valence-corrected chi connectivity index (χ4v) is 6.23. The van der Waals surface area contributed by atoms with Gasteiger partial charge in [-0.25, -0.2) is 0 Å². The van der Waals surface area contributed by atoms with Gasteiger partial charge in [-0.2, -0.15) is 0 Å². The summed E-state index contributed by atoms with van der Waals surface area (Å²) >= 11 is 0. The minimum atomic E-state index is -4.68. The highest BCUT2D eigenvalue weighted by molar-refractivity contribution is 7.45. The molecule has 0 amide bonds. The zero-order chi connectivity index (χ0) is 44.6. The van der Waals surface area contributed by atoms with Crippen LogP contribution in [0, 0.1) is 0 Å². The predicted octanol–water partition coefficient (Wildman–Crippen LogP) is 10.1. The standard InChI is InChI=1S/C48H82NO10P/c1-6-8-10-11-12-13-14-15-16-17-18-19-23-26-32-39-48(53)59-46(43-58-60(54,55)57-41-40-49(3,4)5)42-56-47(52)38-33-27-31-37-45(51)36-30-25-22-20-21-24-29-35-44(50)34-28-9-7-2/h9,13-14,21-22,24-25,28-31,35-37,44-46,50-51H,6-8,10-12,15-20,23,26-27,32-34,38-43H2,1-5H3/b14-13-,24-21-,25-22-,28-9-,35-29+,36-30+,37-31-/t44-,45-,46-/m1/s1. The molecule has 60 heavy (non-hydrogen) atoms. The topological polar surface area (TPSA) is 152 Å². The van der Waals surface area contributed by atoms with Crippen molar-refractivity contribution >= 4 is 19.8 Å². The van der Waals surface area contributed by atoms with Crippen LogP contribution in [0.4, 0.5) is 0 Å². The molecule has 0 spiro atoms. The Kier molecular flexibility index (Phi) is 37.1. The normalized spacial score (nSPS) is 15.4. The molecule has 0 aliphatic heterocycles. The molecule has 0 rings (SSSR count). The van der Waals surface area contributed by atoms with Crippen LogP contribution in [0.3, 0.4) is 0 Å². The van der Waals surface area contributed by atoms with Gasteiger partial charge in [-0.1, -0.05) is 150 Å². The van der Waals surface area contributed by atoms with Crippen molar-refractivity contribution < 1.29 is 52.3 Å². The molecule has 11 nitrogen and oxygen atoms in total. The second-order valence-electron chi connectivity index (χ2n) is 16.1. The Bertz CT molecular complexity index is 1330. The van der Waals surface area contributed by atoms with E-state index in [2.05, 4.69) is 26.0 Å². The number of likely N-dealkylation sites (N-methyl/N-ethyl adjacent to an activating group) is 1. The van der Waals surface area contributed by atoms with Crippen molar-refractivity contribution in [2.24, 2.45) is 0 Å². The summed E-state index contributed by atoms with van der Waals surface area (Å²) in [5.41, 5.74) is 0. The van der Waals surface area contributed by atoms with Crippen LogP contribution in [0.5, 0.6) is 0 Å². The van der Waals surface area contributed by atoms with Crippen molar-refractivity contribution in [1.82, 2.24) is 0 Å². The third kappa shape index (κ3) is 41.8. The Labute approximate surface area is 364 Å².